The average molecular weight is 365 g/mol. The van der Waals surface area contributed by atoms with Crippen molar-refractivity contribution in [2.24, 2.45) is 11.8 Å². The van der Waals surface area contributed by atoms with Gasteiger partial charge in [-0.05, 0) is 76.2 Å². The van der Waals surface area contributed by atoms with Gasteiger partial charge in [-0.15, -0.1) is 0 Å². The monoisotopic (exact) mass is 364 g/mol. The summed E-state index contributed by atoms with van der Waals surface area (Å²) in [6.45, 7) is 7.04. The number of hydrogen-bond acceptors (Lipinski definition) is 0. The molecule has 0 heterocycles. The SMILES string of the molecule is CC1=CCC2=C3C1=CC=C1C=CC(CC(C)C(C)c4ccccc4)=C(C=C2)C13. The largest absolute Gasteiger partial charge is 0.0766 e. The van der Waals surface area contributed by atoms with E-state index in [1.54, 1.807) is 5.57 Å². The van der Waals surface area contributed by atoms with Gasteiger partial charge >= 0.3 is 0 Å². The minimum Gasteiger partial charge on any atom is -0.0766 e. The first-order chi connectivity index (χ1) is 13.6. The molecular formula is C28H28. The summed E-state index contributed by atoms with van der Waals surface area (Å²) in [5.74, 6) is 1.61. The van der Waals surface area contributed by atoms with E-state index in [4.69, 9.17) is 0 Å². The number of benzene rings is 1. The maximum atomic E-state index is 2.41. The summed E-state index contributed by atoms with van der Waals surface area (Å²) in [4.78, 5) is 0. The zero-order valence-corrected chi connectivity index (χ0v) is 17.1. The molecule has 0 aliphatic heterocycles. The summed E-state index contributed by atoms with van der Waals surface area (Å²) >= 11 is 0. The van der Waals surface area contributed by atoms with E-state index in [1.165, 1.54) is 39.0 Å². The molecule has 140 valence electrons. The van der Waals surface area contributed by atoms with Gasteiger partial charge in [-0.1, -0.05) is 86.7 Å². The van der Waals surface area contributed by atoms with Crippen molar-refractivity contribution in [3.63, 3.8) is 0 Å². The van der Waals surface area contributed by atoms with Crippen molar-refractivity contribution < 1.29 is 0 Å². The van der Waals surface area contributed by atoms with Crippen LogP contribution in [-0.2, 0) is 0 Å². The quantitative estimate of drug-likeness (QED) is 0.523. The molecule has 1 aromatic carbocycles. The molecular weight excluding hydrogens is 336 g/mol. The Morgan fingerprint density at radius 3 is 2.61 bits per heavy atom. The maximum absolute atomic E-state index is 2.41. The first-order valence-electron chi connectivity index (χ1n) is 10.6. The third-order valence-electron chi connectivity index (χ3n) is 7.10. The van der Waals surface area contributed by atoms with Crippen LogP contribution >= 0.6 is 0 Å². The molecule has 0 radical (unpaired) electrons. The van der Waals surface area contributed by atoms with E-state index in [0.29, 0.717) is 17.8 Å². The summed E-state index contributed by atoms with van der Waals surface area (Å²) in [5.41, 5.74) is 11.9. The first-order valence-corrected chi connectivity index (χ1v) is 10.6. The Bertz CT molecular complexity index is 1030. The Kier molecular flexibility index (Phi) is 4.23. The van der Waals surface area contributed by atoms with E-state index in [1.807, 2.05) is 0 Å². The van der Waals surface area contributed by atoms with Crippen molar-refractivity contribution in [3.8, 4) is 0 Å². The van der Waals surface area contributed by atoms with Crippen molar-refractivity contribution in [3.05, 3.63) is 117 Å². The van der Waals surface area contributed by atoms with Gasteiger partial charge in [0.15, 0.2) is 0 Å². The van der Waals surface area contributed by atoms with Gasteiger partial charge in [0, 0.05) is 5.92 Å². The van der Waals surface area contributed by atoms with E-state index in [2.05, 4.69) is 93.6 Å². The minimum atomic E-state index is 0.447. The number of rotatable bonds is 4. The number of hydrogen-bond donors (Lipinski definition) is 0. The smallest absolute Gasteiger partial charge is 0.0351 e. The lowest BCUT2D eigenvalue weighted by atomic mass is 9.66. The van der Waals surface area contributed by atoms with Gasteiger partial charge in [0.1, 0.15) is 0 Å². The highest BCUT2D eigenvalue weighted by Gasteiger charge is 2.35. The molecule has 0 fully saturated rings. The summed E-state index contributed by atoms with van der Waals surface area (Å²) in [6, 6.07) is 11.0. The van der Waals surface area contributed by atoms with Crippen LogP contribution in [0.5, 0.6) is 0 Å². The Morgan fingerprint density at radius 1 is 0.964 bits per heavy atom. The zero-order chi connectivity index (χ0) is 19.3. The highest BCUT2D eigenvalue weighted by Crippen LogP contribution is 2.50. The molecule has 4 aliphatic rings. The molecule has 28 heavy (non-hydrogen) atoms. The van der Waals surface area contributed by atoms with E-state index >= 15 is 0 Å². The van der Waals surface area contributed by atoms with Crippen molar-refractivity contribution in [1.29, 1.82) is 0 Å². The molecule has 3 atom stereocenters. The minimum absolute atomic E-state index is 0.447. The maximum Gasteiger partial charge on any atom is 0.0351 e. The van der Waals surface area contributed by atoms with Gasteiger partial charge in [-0.25, -0.2) is 0 Å². The Hall–Kier alpha value is -2.60. The topological polar surface area (TPSA) is 0 Å². The molecule has 1 aromatic rings. The molecule has 0 heteroatoms. The second-order valence-electron chi connectivity index (χ2n) is 8.74. The summed E-state index contributed by atoms with van der Waals surface area (Å²) < 4.78 is 0. The van der Waals surface area contributed by atoms with Gasteiger partial charge in [-0.2, -0.15) is 0 Å². The third-order valence-corrected chi connectivity index (χ3v) is 7.10. The van der Waals surface area contributed by atoms with E-state index in [9.17, 15) is 0 Å². The predicted octanol–water partition coefficient (Wildman–Crippen LogP) is 7.38. The Balaban J connectivity index is 1.48. The lowest BCUT2D eigenvalue weighted by Crippen LogP contribution is -2.23. The van der Waals surface area contributed by atoms with Crippen LogP contribution in [0.25, 0.3) is 0 Å². The van der Waals surface area contributed by atoms with Gasteiger partial charge in [-0.3, -0.25) is 0 Å². The van der Waals surface area contributed by atoms with Crippen molar-refractivity contribution in [1.82, 2.24) is 0 Å². The van der Waals surface area contributed by atoms with Gasteiger partial charge < -0.3 is 0 Å². The normalized spacial score (nSPS) is 24.4. The van der Waals surface area contributed by atoms with Crippen LogP contribution < -0.4 is 0 Å². The molecule has 0 spiro atoms. The molecule has 0 aromatic heterocycles. The van der Waals surface area contributed by atoms with Crippen molar-refractivity contribution in [2.45, 2.75) is 39.5 Å². The second-order valence-corrected chi connectivity index (χ2v) is 8.74. The molecule has 4 aliphatic carbocycles. The Labute approximate surface area is 169 Å². The highest BCUT2D eigenvalue weighted by molar-refractivity contribution is 5.70. The standard InChI is InChI=1S/C28H28/c1-18-9-10-22-14-16-26-24(12-11-23-13-15-25(18)27(22)28(23)26)17-19(2)20(3)21-7-5-4-6-8-21/h4-9,11-16,19-20,28H,10,17H2,1-3H3. The fourth-order valence-electron chi connectivity index (χ4n) is 5.18. The van der Waals surface area contributed by atoms with E-state index in [0.717, 1.165) is 12.8 Å². The van der Waals surface area contributed by atoms with Gasteiger partial charge in [0.2, 0.25) is 0 Å². The fraction of sp³-hybridized carbons (Fsp3) is 0.286. The predicted molar refractivity (Wildman–Crippen MR) is 119 cm³/mol. The van der Waals surface area contributed by atoms with Crippen LogP contribution in [-0.4, -0.2) is 0 Å². The lowest BCUT2D eigenvalue weighted by Gasteiger charge is -2.38. The molecule has 5 rings (SSSR count). The van der Waals surface area contributed by atoms with Crippen LogP contribution in [0.4, 0.5) is 0 Å². The Morgan fingerprint density at radius 2 is 1.79 bits per heavy atom. The highest BCUT2D eigenvalue weighted by atomic mass is 14.4. The molecule has 0 saturated heterocycles. The zero-order valence-electron chi connectivity index (χ0n) is 17.1. The summed E-state index contributed by atoms with van der Waals surface area (Å²) in [5, 5.41) is 0. The van der Waals surface area contributed by atoms with Crippen molar-refractivity contribution >= 4 is 0 Å². The third kappa shape index (κ3) is 2.75. The summed E-state index contributed by atoms with van der Waals surface area (Å²) in [7, 11) is 0. The summed E-state index contributed by atoms with van der Waals surface area (Å²) in [6.07, 6.45) is 18.8. The molecule has 3 unspecified atom stereocenters. The van der Waals surface area contributed by atoms with Crippen molar-refractivity contribution in [2.75, 3.05) is 0 Å². The van der Waals surface area contributed by atoms with Gasteiger partial charge in [0.25, 0.3) is 0 Å². The van der Waals surface area contributed by atoms with Crippen LogP contribution in [0.3, 0.4) is 0 Å². The molecule has 0 bridgehead atoms. The van der Waals surface area contributed by atoms with Gasteiger partial charge in [0.05, 0.1) is 0 Å². The van der Waals surface area contributed by atoms with E-state index in [-0.39, 0.29) is 0 Å². The second kappa shape index (κ2) is 6.78. The van der Waals surface area contributed by atoms with Crippen LogP contribution in [0, 0.1) is 11.8 Å². The molecule has 0 saturated carbocycles. The van der Waals surface area contributed by atoms with Crippen LogP contribution in [0.2, 0.25) is 0 Å². The first kappa shape index (κ1) is 17.5. The molecule has 0 amide bonds. The van der Waals surface area contributed by atoms with Crippen LogP contribution in [0.15, 0.2) is 112 Å². The molecule has 0 N–H and O–H groups in total. The van der Waals surface area contributed by atoms with E-state index < -0.39 is 0 Å². The number of allylic oxidation sites excluding steroid dienone is 14. The lowest BCUT2D eigenvalue weighted by molar-refractivity contribution is 0.484. The molecule has 0 nitrogen and oxygen atoms in total. The average Bonchev–Trinajstić information content (AvgIpc) is 2.74. The van der Waals surface area contributed by atoms with Crippen LogP contribution in [0.1, 0.15) is 45.1 Å². The fourth-order valence-corrected chi connectivity index (χ4v) is 5.18.